The van der Waals surface area contributed by atoms with Gasteiger partial charge in [-0.05, 0) is 74.9 Å². The molecule has 0 unspecified atom stereocenters. The Balaban J connectivity index is 1.38. The number of pyridine rings is 1. The van der Waals surface area contributed by atoms with Crippen LogP contribution in [0.3, 0.4) is 0 Å². The molecule has 11 heteroatoms. The van der Waals surface area contributed by atoms with Crippen molar-refractivity contribution in [2.45, 2.75) is 58.3 Å². The van der Waals surface area contributed by atoms with Crippen LogP contribution in [0.4, 0.5) is 16.2 Å². The number of fused-ring (bicyclic) bond motifs is 2. The minimum absolute atomic E-state index is 0.191. The first-order valence-corrected chi connectivity index (χ1v) is 17.2. The van der Waals surface area contributed by atoms with Gasteiger partial charge in [-0.15, -0.1) is 0 Å². The molecule has 11 nitrogen and oxygen atoms in total. The molecule has 1 aliphatic rings. The highest BCUT2D eigenvalue weighted by molar-refractivity contribution is 6.05. The summed E-state index contributed by atoms with van der Waals surface area (Å²) >= 11 is 0. The van der Waals surface area contributed by atoms with Gasteiger partial charge in [-0.2, -0.15) is 0 Å². The molecule has 264 valence electrons. The molecule has 0 radical (unpaired) electrons. The zero-order chi connectivity index (χ0) is 35.6. The van der Waals surface area contributed by atoms with Crippen LogP contribution in [-0.2, 0) is 4.74 Å². The Morgan fingerprint density at radius 2 is 1.78 bits per heavy atom. The Morgan fingerprint density at radius 3 is 2.56 bits per heavy atom. The van der Waals surface area contributed by atoms with Gasteiger partial charge in [0.1, 0.15) is 5.75 Å². The number of likely N-dealkylation sites (N-methyl/N-ethyl adjacent to an activating group) is 1. The molecule has 3 N–H and O–H groups in total. The molecular formula is C39H47N5O6. The summed E-state index contributed by atoms with van der Waals surface area (Å²) in [6.07, 6.45) is 4.87. The van der Waals surface area contributed by atoms with Gasteiger partial charge in [0.15, 0.2) is 0 Å². The van der Waals surface area contributed by atoms with E-state index in [0.717, 1.165) is 35.7 Å². The lowest BCUT2D eigenvalue weighted by Crippen LogP contribution is -2.48. The van der Waals surface area contributed by atoms with E-state index in [1.807, 2.05) is 56.3 Å². The van der Waals surface area contributed by atoms with Crippen LogP contribution < -0.4 is 15.4 Å². The maximum Gasteiger partial charge on any atom is 0.321 e. The Bertz CT molecular complexity index is 1760. The van der Waals surface area contributed by atoms with E-state index in [1.54, 1.807) is 66.5 Å². The molecule has 2 heterocycles. The van der Waals surface area contributed by atoms with Crippen molar-refractivity contribution < 1.29 is 29.0 Å². The Hall–Kier alpha value is -5.00. The van der Waals surface area contributed by atoms with Crippen LogP contribution in [0.2, 0.25) is 0 Å². The summed E-state index contributed by atoms with van der Waals surface area (Å²) < 4.78 is 12.7. The highest BCUT2D eigenvalue weighted by Gasteiger charge is 2.31. The van der Waals surface area contributed by atoms with Crippen LogP contribution in [0.5, 0.6) is 5.75 Å². The second kappa shape index (κ2) is 17.1. The van der Waals surface area contributed by atoms with E-state index in [0.29, 0.717) is 23.6 Å². The quantitative estimate of drug-likeness (QED) is 0.204. The number of benzene rings is 3. The molecule has 0 aliphatic carbocycles. The number of hydrogen-bond donors (Lipinski definition) is 3. The van der Waals surface area contributed by atoms with Crippen molar-refractivity contribution in [3.63, 3.8) is 0 Å². The number of aliphatic hydroxyl groups is 1. The molecule has 4 atom stereocenters. The second-order valence-electron chi connectivity index (χ2n) is 13.0. The molecule has 0 bridgehead atoms. The van der Waals surface area contributed by atoms with Gasteiger partial charge >= 0.3 is 6.03 Å². The van der Waals surface area contributed by atoms with Gasteiger partial charge in [-0.25, -0.2) is 4.79 Å². The fraction of sp³-hybridized carbons (Fsp3) is 0.385. The van der Waals surface area contributed by atoms with E-state index in [4.69, 9.17) is 9.47 Å². The summed E-state index contributed by atoms with van der Waals surface area (Å²) in [4.78, 5) is 48.0. The first-order valence-electron chi connectivity index (χ1n) is 17.2. The fourth-order valence-corrected chi connectivity index (χ4v) is 6.07. The lowest BCUT2D eigenvalue weighted by atomic mass is 10.0. The average molecular weight is 682 g/mol. The maximum absolute atomic E-state index is 14.4. The first-order chi connectivity index (χ1) is 24.1. The van der Waals surface area contributed by atoms with Gasteiger partial charge < -0.3 is 35.0 Å². The number of urea groups is 1. The van der Waals surface area contributed by atoms with E-state index in [1.165, 1.54) is 0 Å². The molecule has 0 saturated heterocycles. The molecule has 50 heavy (non-hydrogen) atoms. The number of nitrogens with zero attached hydrogens (tertiary/aromatic N) is 3. The van der Waals surface area contributed by atoms with Gasteiger partial charge in [0.05, 0.1) is 36.1 Å². The van der Waals surface area contributed by atoms with E-state index < -0.39 is 12.1 Å². The van der Waals surface area contributed by atoms with Gasteiger partial charge in [0.2, 0.25) is 0 Å². The number of carbonyl (C=O) groups is 3. The molecule has 1 aliphatic heterocycles. The van der Waals surface area contributed by atoms with Crippen LogP contribution in [0.15, 0.2) is 85.2 Å². The number of anilines is 2. The van der Waals surface area contributed by atoms with Crippen molar-refractivity contribution in [2.75, 3.05) is 44.0 Å². The molecule has 5 rings (SSSR count). The third-order valence-electron chi connectivity index (χ3n) is 9.08. The summed E-state index contributed by atoms with van der Waals surface area (Å²) in [5.41, 5.74) is 1.86. The van der Waals surface area contributed by atoms with Crippen LogP contribution in [0, 0.1) is 5.92 Å². The molecule has 3 aromatic carbocycles. The maximum atomic E-state index is 14.4. The van der Waals surface area contributed by atoms with Crippen molar-refractivity contribution in [3.8, 4) is 5.75 Å². The van der Waals surface area contributed by atoms with E-state index in [9.17, 15) is 19.5 Å². The van der Waals surface area contributed by atoms with Gasteiger partial charge in [-0.1, -0.05) is 43.3 Å². The molecule has 0 spiro atoms. The average Bonchev–Trinajstić information content (AvgIpc) is 3.13. The summed E-state index contributed by atoms with van der Waals surface area (Å²) in [6, 6.07) is 21.1. The van der Waals surface area contributed by atoms with Crippen LogP contribution in [0.1, 0.15) is 60.7 Å². The van der Waals surface area contributed by atoms with Crippen LogP contribution in [-0.4, -0.2) is 89.3 Å². The lowest BCUT2D eigenvalue weighted by Gasteiger charge is -2.35. The zero-order valence-corrected chi connectivity index (χ0v) is 29.2. The standard InChI is InChI=1S/C39H47N5O6/c1-26-23-44(27(2)25-45)38(47)33-22-31(41-37(46)30-17-19-40-20-18-30)15-16-35(33)50-28(3)10-7-8-21-49-36(26)24-43(4)39(48)42-34-14-9-12-29-11-5-6-13-32(29)34/h5-6,9,11-20,22,26-28,36,45H,7-8,10,21,23-25H2,1-4H3,(H,41,46)(H,42,48)/t26-,27+,28-,36-/m0/s1. The minimum Gasteiger partial charge on any atom is -0.490 e. The summed E-state index contributed by atoms with van der Waals surface area (Å²) in [7, 11) is 1.73. The Morgan fingerprint density at radius 1 is 1.02 bits per heavy atom. The summed E-state index contributed by atoms with van der Waals surface area (Å²) in [6.45, 7) is 6.49. The molecule has 4 amide bonds. The molecule has 0 fully saturated rings. The predicted molar refractivity (Wildman–Crippen MR) is 195 cm³/mol. The van der Waals surface area contributed by atoms with Crippen molar-refractivity contribution in [1.82, 2.24) is 14.8 Å². The normalized spacial score (nSPS) is 19.4. The predicted octanol–water partition coefficient (Wildman–Crippen LogP) is 6.45. The van der Waals surface area contributed by atoms with Crippen molar-refractivity contribution in [3.05, 3.63) is 96.3 Å². The minimum atomic E-state index is -0.536. The lowest BCUT2D eigenvalue weighted by molar-refractivity contribution is -0.0115. The third kappa shape index (κ3) is 9.16. The first kappa shape index (κ1) is 36.3. The highest BCUT2D eigenvalue weighted by atomic mass is 16.5. The number of carbonyl (C=O) groups excluding carboxylic acids is 3. The second-order valence-corrected chi connectivity index (χ2v) is 13.0. The number of hydrogen-bond acceptors (Lipinski definition) is 7. The van der Waals surface area contributed by atoms with E-state index in [-0.39, 0.29) is 55.1 Å². The third-order valence-corrected chi connectivity index (χ3v) is 9.08. The number of aliphatic hydroxyl groups excluding tert-OH is 1. The number of ether oxygens (including phenoxy) is 2. The van der Waals surface area contributed by atoms with Crippen LogP contribution >= 0.6 is 0 Å². The molecule has 0 saturated carbocycles. The molecule has 1 aromatic heterocycles. The fourth-order valence-electron chi connectivity index (χ4n) is 6.07. The van der Waals surface area contributed by atoms with Crippen LogP contribution in [0.25, 0.3) is 10.8 Å². The SMILES string of the molecule is C[C@H](CO)N1C[C@H](C)[C@H](CN(C)C(=O)Nc2cccc3ccccc23)OCCCC[C@H](C)Oc2ccc(NC(=O)c3ccncc3)cc2C1=O. The highest BCUT2D eigenvalue weighted by Crippen LogP contribution is 2.29. The van der Waals surface area contributed by atoms with Crippen molar-refractivity contribution >= 4 is 40.0 Å². The number of nitrogens with one attached hydrogen (secondary N) is 2. The largest absolute Gasteiger partial charge is 0.490 e. The zero-order valence-electron chi connectivity index (χ0n) is 29.2. The van der Waals surface area contributed by atoms with Gasteiger partial charge in [0, 0.05) is 61.7 Å². The van der Waals surface area contributed by atoms with E-state index >= 15 is 0 Å². The van der Waals surface area contributed by atoms with Gasteiger partial charge in [0.25, 0.3) is 11.8 Å². The van der Waals surface area contributed by atoms with Crippen molar-refractivity contribution in [2.24, 2.45) is 5.92 Å². The Kier molecular flexibility index (Phi) is 12.4. The van der Waals surface area contributed by atoms with Crippen molar-refractivity contribution in [1.29, 1.82) is 0 Å². The van der Waals surface area contributed by atoms with E-state index in [2.05, 4.69) is 15.6 Å². The van der Waals surface area contributed by atoms with Gasteiger partial charge in [-0.3, -0.25) is 14.6 Å². The summed E-state index contributed by atoms with van der Waals surface area (Å²) in [5, 5.41) is 18.2. The number of amides is 4. The molecule has 4 aromatic rings. The number of rotatable bonds is 7. The number of aromatic nitrogens is 1. The smallest absolute Gasteiger partial charge is 0.321 e. The Labute approximate surface area is 293 Å². The monoisotopic (exact) mass is 681 g/mol. The topological polar surface area (TPSA) is 133 Å². The molecular weight excluding hydrogens is 634 g/mol. The summed E-state index contributed by atoms with van der Waals surface area (Å²) in [5.74, 6) is -0.500.